The van der Waals surface area contributed by atoms with Crippen LogP contribution in [0.3, 0.4) is 0 Å². The lowest BCUT2D eigenvalue weighted by Gasteiger charge is -2.17. The number of hydrogen-bond acceptors (Lipinski definition) is 7. The zero-order valence-corrected chi connectivity index (χ0v) is 21.2. The summed E-state index contributed by atoms with van der Waals surface area (Å²) < 4.78 is 29.7. The number of aromatic amines is 2. The number of halogens is 2. The Hall–Kier alpha value is -4.58. The molecule has 6 aromatic heterocycles. The molecular formula is C26H20F2N8OS. The molecule has 0 saturated carbocycles. The zero-order valence-electron chi connectivity index (χ0n) is 20.4. The average Bonchev–Trinajstić information content (AvgIpc) is 3.61. The van der Waals surface area contributed by atoms with E-state index in [1.54, 1.807) is 45.2 Å². The van der Waals surface area contributed by atoms with E-state index in [2.05, 4.69) is 40.4 Å². The minimum Gasteiger partial charge on any atom is -0.336 e. The van der Waals surface area contributed by atoms with Gasteiger partial charge in [-0.25, -0.2) is 14.4 Å². The quantitative estimate of drug-likeness (QED) is 0.259. The van der Waals surface area contributed by atoms with Crippen LogP contribution in [-0.4, -0.2) is 41.0 Å². The highest BCUT2D eigenvalue weighted by Gasteiger charge is 2.23. The summed E-state index contributed by atoms with van der Waals surface area (Å²) in [5.74, 6) is -0.453. The van der Waals surface area contributed by atoms with Crippen LogP contribution in [0.1, 0.15) is 20.8 Å². The molecule has 6 aromatic rings. The van der Waals surface area contributed by atoms with Crippen molar-refractivity contribution in [2.75, 3.05) is 5.32 Å². The normalized spacial score (nSPS) is 11.9. The topological polar surface area (TPSA) is 125 Å². The van der Waals surface area contributed by atoms with Crippen molar-refractivity contribution in [2.24, 2.45) is 5.41 Å². The van der Waals surface area contributed by atoms with Crippen LogP contribution in [-0.2, 0) is 4.79 Å². The van der Waals surface area contributed by atoms with Crippen molar-refractivity contribution in [2.45, 2.75) is 20.8 Å². The summed E-state index contributed by atoms with van der Waals surface area (Å²) in [5.41, 5.74) is 2.60. The maximum Gasteiger partial charge on any atom is 0.229 e. The van der Waals surface area contributed by atoms with Gasteiger partial charge in [0.1, 0.15) is 22.7 Å². The second-order valence-electron chi connectivity index (χ2n) is 9.69. The monoisotopic (exact) mass is 530 g/mol. The first-order valence-electron chi connectivity index (χ1n) is 11.6. The van der Waals surface area contributed by atoms with E-state index in [1.807, 2.05) is 0 Å². The molecule has 9 nitrogen and oxygen atoms in total. The molecule has 0 spiro atoms. The number of imidazole rings is 1. The molecule has 0 unspecified atom stereocenters. The van der Waals surface area contributed by atoms with Gasteiger partial charge in [0.05, 0.1) is 27.7 Å². The lowest BCUT2D eigenvalue weighted by Crippen LogP contribution is -2.27. The lowest BCUT2D eigenvalue weighted by atomic mass is 9.95. The van der Waals surface area contributed by atoms with Gasteiger partial charge in [0.2, 0.25) is 5.91 Å². The van der Waals surface area contributed by atoms with Crippen LogP contribution < -0.4 is 5.32 Å². The van der Waals surface area contributed by atoms with E-state index in [1.165, 1.54) is 24.7 Å². The standard InChI is InChI=1S/C26H20F2N8OS/c1-26(2,3)25(37)32-13-8-12(9-29-10-13)14-11-31-23-18(19(14)28)22(35-36-23)24-33-15-6-7-30-21(20(15)34-24)16-4-5-17(27)38-16/h4-11H,1-3H3,(H,32,37)(H,33,34)(H,31,35,36). The third-order valence-corrected chi connectivity index (χ3v) is 6.83. The molecule has 0 fully saturated rings. The Kier molecular flexibility index (Phi) is 5.49. The van der Waals surface area contributed by atoms with Crippen LogP contribution >= 0.6 is 11.3 Å². The van der Waals surface area contributed by atoms with Gasteiger partial charge in [0.15, 0.2) is 16.6 Å². The smallest absolute Gasteiger partial charge is 0.229 e. The van der Waals surface area contributed by atoms with Crippen LogP contribution in [0.15, 0.2) is 49.1 Å². The zero-order chi connectivity index (χ0) is 26.6. The van der Waals surface area contributed by atoms with Crippen LogP contribution in [0.5, 0.6) is 0 Å². The first-order chi connectivity index (χ1) is 18.2. The van der Waals surface area contributed by atoms with Gasteiger partial charge in [-0.3, -0.25) is 19.9 Å². The first-order valence-corrected chi connectivity index (χ1v) is 12.4. The number of hydrogen-bond donors (Lipinski definition) is 3. The van der Waals surface area contributed by atoms with Crippen molar-refractivity contribution in [1.29, 1.82) is 0 Å². The number of aromatic nitrogens is 7. The number of carbonyl (C=O) groups excluding carboxylic acids is 1. The molecule has 0 aliphatic heterocycles. The van der Waals surface area contributed by atoms with Gasteiger partial charge in [-0.05, 0) is 24.3 Å². The summed E-state index contributed by atoms with van der Waals surface area (Å²) >= 11 is 0.966. The summed E-state index contributed by atoms with van der Waals surface area (Å²) in [4.78, 5) is 33.7. The molecule has 0 aliphatic rings. The van der Waals surface area contributed by atoms with Crippen molar-refractivity contribution in [1.82, 2.24) is 35.1 Å². The summed E-state index contributed by atoms with van der Waals surface area (Å²) in [5, 5.41) is 9.65. The second kappa shape index (κ2) is 8.77. The summed E-state index contributed by atoms with van der Waals surface area (Å²) in [6, 6.07) is 6.39. The molecule has 0 saturated heterocycles. The minimum atomic E-state index is -0.604. The number of nitrogens with one attached hydrogen (secondary N) is 3. The van der Waals surface area contributed by atoms with Gasteiger partial charge in [-0.15, -0.1) is 11.3 Å². The van der Waals surface area contributed by atoms with Crippen molar-refractivity contribution >= 4 is 45.0 Å². The molecule has 0 aliphatic carbocycles. The van der Waals surface area contributed by atoms with Gasteiger partial charge in [0, 0.05) is 35.1 Å². The molecule has 6 heterocycles. The number of fused-ring (bicyclic) bond motifs is 2. The van der Waals surface area contributed by atoms with E-state index in [9.17, 15) is 9.18 Å². The van der Waals surface area contributed by atoms with Crippen molar-refractivity contribution in [3.8, 4) is 33.2 Å². The Labute approximate surface area is 218 Å². The number of amides is 1. The molecule has 0 atom stereocenters. The molecule has 38 heavy (non-hydrogen) atoms. The van der Waals surface area contributed by atoms with Gasteiger partial charge in [0.25, 0.3) is 0 Å². The fraction of sp³-hybridized carbons (Fsp3) is 0.154. The molecule has 0 bridgehead atoms. The number of thiophene rings is 1. The predicted octanol–water partition coefficient (Wildman–Crippen LogP) is 5.95. The average molecular weight is 531 g/mol. The lowest BCUT2D eigenvalue weighted by molar-refractivity contribution is -0.123. The number of anilines is 1. The third kappa shape index (κ3) is 4.08. The Balaban J connectivity index is 1.44. The predicted molar refractivity (Wildman–Crippen MR) is 141 cm³/mol. The highest BCUT2D eigenvalue weighted by atomic mass is 32.1. The molecule has 190 valence electrons. The van der Waals surface area contributed by atoms with E-state index in [0.717, 1.165) is 11.3 Å². The van der Waals surface area contributed by atoms with Gasteiger partial charge in [-0.1, -0.05) is 20.8 Å². The first kappa shape index (κ1) is 23.8. The maximum absolute atomic E-state index is 16.0. The van der Waals surface area contributed by atoms with Crippen LogP contribution in [0.25, 0.3) is 55.3 Å². The van der Waals surface area contributed by atoms with Crippen LogP contribution in [0.4, 0.5) is 14.5 Å². The molecule has 3 N–H and O–H groups in total. The van der Waals surface area contributed by atoms with E-state index in [4.69, 9.17) is 0 Å². The van der Waals surface area contributed by atoms with Gasteiger partial charge in [-0.2, -0.15) is 9.49 Å². The molecule has 6 rings (SSSR count). The van der Waals surface area contributed by atoms with E-state index in [-0.39, 0.29) is 33.3 Å². The van der Waals surface area contributed by atoms with Crippen LogP contribution in [0, 0.1) is 16.4 Å². The molecule has 12 heteroatoms. The van der Waals surface area contributed by atoms with Crippen molar-refractivity contribution < 1.29 is 13.6 Å². The summed E-state index contributed by atoms with van der Waals surface area (Å²) in [7, 11) is 0. The number of pyridine rings is 3. The van der Waals surface area contributed by atoms with Gasteiger partial charge < -0.3 is 10.3 Å². The van der Waals surface area contributed by atoms with Gasteiger partial charge >= 0.3 is 0 Å². The van der Waals surface area contributed by atoms with E-state index < -0.39 is 11.2 Å². The number of rotatable bonds is 4. The Bertz CT molecular complexity index is 1850. The van der Waals surface area contributed by atoms with E-state index in [0.29, 0.717) is 38.7 Å². The highest BCUT2D eigenvalue weighted by Crippen LogP contribution is 2.35. The third-order valence-electron chi connectivity index (χ3n) is 5.95. The van der Waals surface area contributed by atoms with Crippen molar-refractivity contribution in [3.05, 3.63) is 60.0 Å². The number of H-pyrrole nitrogens is 2. The maximum atomic E-state index is 16.0. The van der Waals surface area contributed by atoms with Crippen LogP contribution in [0.2, 0.25) is 0 Å². The van der Waals surface area contributed by atoms with E-state index >= 15 is 4.39 Å². The molecule has 1 amide bonds. The number of nitrogens with zero attached hydrogens (tertiary/aromatic N) is 5. The fourth-order valence-corrected chi connectivity index (χ4v) is 4.70. The summed E-state index contributed by atoms with van der Waals surface area (Å²) in [6.07, 6.45) is 5.98. The Morgan fingerprint density at radius 2 is 1.89 bits per heavy atom. The Morgan fingerprint density at radius 3 is 2.66 bits per heavy atom. The fourth-order valence-electron chi connectivity index (χ4n) is 3.97. The molecule has 0 radical (unpaired) electrons. The SMILES string of the molecule is CC(C)(C)C(=O)Nc1cncc(-c2cnc3[nH]nc(-c4nc5c(-c6ccc(F)s6)nccc5[nH]4)c3c2F)c1. The minimum absolute atomic E-state index is 0.141. The highest BCUT2D eigenvalue weighted by molar-refractivity contribution is 7.13. The molecular weight excluding hydrogens is 510 g/mol. The Morgan fingerprint density at radius 1 is 1.05 bits per heavy atom. The second-order valence-corrected chi connectivity index (χ2v) is 10.7. The van der Waals surface area contributed by atoms with Crippen molar-refractivity contribution in [3.63, 3.8) is 0 Å². The molecule has 0 aromatic carbocycles. The number of carbonyl (C=O) groups is 1. The summed E-state index contributed by atoms with van der Waals surface area (Å²) in [6.45, 7) is 5.40. The largest absolute Gasteiger partial charge is 0.336 e.